The number of nitrogens with zero attached hydrogens (tertiary/aromatic N) is 2. The van der Waals surface area contributed by atoms with E-state index in [1.165, 1.54) is 22.3 Å². The first-order valence-corrected chi connectivity index (χ1v) is 15.4. The smallest absolute Gasteiger partial charge is 0.165 e. The van der Waals surface area contributed by atoms with Crippen molar-refractivity contribution in [1.82, 2.24) is 9.80 Å². The lowest BCUT2D eigenvalue weighted by atomic mass is 9.53. The Balaban J connectivity index is 0.000000126. The first-order chi connectivity index (χ1) is 20.3. The second-order valence-corrected chi connectivity index (χ2v) is 13.9. The molecule has 0 aromatic heterocycles. The van der Waals surface area contributed by atoms with Crippen LogP contribution >= 0.6 is 12.4 Å². The van der Waals surface area contributed by atoms with Gasteiger partial charge in [-0.15, -0.1) is 12.4 Å². The lowest BCUT2D eigenvalue weighted by molar-refractivity contribution is -0.0453. The number of hydrogen-bond donors (Lipinski definition) is 4. The van der Waals surface area contributed by atoms with Crippen LogP contribution in [0.4, 0.5) is 0 Å². The van der Waals surface area contributed by atoms with Crippen molar-refractivity contribution in [3.8, 4) is 23.0 Å². The van der Waals surface area contributed by atoms with Gasteiger partial charge in [-0.1, -0.05) is 36.4 Å². The third-order valence-electron chi connectivity index (χ3n) is 12.3. The Morgan fingerprint density at radius 2 is 1.09 bits per heavy atom. The predicted octanol–water partition coefficient (Wildman–Crippen LogP) is 2.82. The number of likely N-dealkylation sites (tertiary alicyclic amines) is 2. The van der Waals surface area contributed by atoms with Crippen molar-refractivity contribution in [1.29, 1.82) is 0 Å². The molecule has 0 radical (unpaired) electrons. The van der Waals surface area contributed by atoms with Crippen LogP contribution < -0.4 is 9.47 Å². The quantitative estimate of drug-likeness (QED) is 0.340. The molecule has 2 aromatic rings. The fourth-order valence-electron chi connectivity index (χ4n) is 10.5. The molecule has 4 aliphatic carbocycles. The summed E-state index contributed by atoms with van der Waals surface area (Å²) in [6.45, 7) is 2.02. The molecule has 8 nitrogen and oxygen atoms in total. The van der Waals surface area contributed by atoms with Crippen LogP contribution in [-0.2, 0) is 23.7 Å². The van der Waals surface area contributed by atoms with Gasteiger partial charge in [0.2, 0.25) is 0 Å². The van der Waals surface area contributed by atoms with Gasteiger partial charge in [0.05, 0.1) is 0 Å². The SMILES string of the molecule is CN1CC[C@]23c4c5ccc(O)c4O[C@H]2[C@@H](O)C=C[C@H]3[C@H]1C5.CN1CC[C@]23c4c5ccc(O)c4O[C@H]2[C@@H](O)C=C[C@H]3[C@H]1C5.Cl. The van der Waals surface area contributed by atoms with Crippen LogP contribution in [0.3, 0.4) is 0 Å². The topological polar surface area (TPSA) is 106 Å². The summed E-state index contributed by atoms with van der Waals surface area (Å²) in [5, 5.41) is 41.3. The lowest BCUT2D eigenvalue weighted by Gasteiger charge is -2.56. The summed E-state index contributed by atoms with van der Waals surface area (Å²) < 4.78 is 12.2. The number of aliphatic hydroxyl groups is 2. The molecule has 0 amide bonds. The van der Waals surface area contributed by atoms with E-state index in [0.717, 1.165) is 38.8 Å². The summed E-state index contributed by atoms with van der Waals surface area (Å²) in [5.41, 5.74) is 4.58. The minimum Gasteiger partial charge on any atom is -0.504 e. The van der Waals surface area contributed by atoms with Crippen molar-refractivity contribution in [2.75, 3.05) is 27.2 Å². The van der Waals surface area contributed by atoms with Gasteiger partial charge in [-0.2, -0.15) is 0 Å². The molecular formula is C34H39ClN2O6. The van der Waals surface area contributed by atoms with E-state index in [-0.39, 0.29) is 46.9 Å². The van der Waals surface area contributed by atoms with Crippen molar-refractivity contribution in [2.45, 2.75) is 73.0 Å². The lowest BCUT2D eigenvalue weighted by Crippen LogP contribution is -2.64. The summed E-state index contributed by atoms with van der Waals surface area (Å²) in [6, 6.07) is 8.45. The molecule has 10 atom stereocenters. The summed E-state index contributed by atoms with van der Waals surface area (Å²) in [7, 11) is 4.38. The van der Waals surface area contributed by atoms with Gasteiger partial charge in [0.1, 0.15) is 24.4 Å². The van der Waals surface area contributed by atoms with Gasteiger partial charge in [0.25, 0.3) is 0 Å². The first kappa shape index (κ1) is 27.8. The van der Waals surface area contributed by atoms with Crippen LogP contribution in [0.2, 0.25) is 0 Å². The number of benzene rings is 2. The molecule has 4 N–H and O–H groups in total. The number of likely N-dealkylation sites (N-methyl/N-ethyl adjacent to an activating group) is 2. The maximum atomic E-state index is 10.4. The average Bonchev–Trinajstić information content (AvgIpc) is 3.52. The largest absolute Gasteiger partial charge is 0.504 e. The molecule has 4 aliphatic heterocycles. The highest BCUT2D eigenvalue weighted by Crippen LogP contribution is 2.63. The second kappa shape index (κ2) is 9.14. The van der Waals surface area contributed by atoms with E-state index >= 15 is 0 Å². The monoisotopic (exact) mass is 606 g/mol. The van der Waals surface area contributed by atoms with Gasteiger partial charge >= 0.3 is 0 Å². The number of aromatic hydroxyl groups is 2. The fraction of sp³-hybridized carbons (Fsp3) is 0.529. The van der Waals surface area contributed by atoms with Crippen LogP contribution in [0.5, 0.6) is 23.0 Å². The standard InChI is InChI=1S/2C17H19NO3.ClH/c2*1-18-7-6-17-10-3-5-13(20)16(17)21-15-12(19)4-2-9(14(15)17)8-11(10)18;/h2*2-5,10-11,13,16,19-20H,6-8H2,1H3;1H/t2*10-,11+,13-,16-,17-;/m00./s1. The zero-order valence-corrected chi connectivity index (χ0v) is 25.2. The molecule has 2 saturated heterocycles. The van der Waals surface area contributed by atoms with Crippen molar-refractivity contribution in [3.63, 3.8) is 0 Å². The van der Waals surface area contributed by atoms with Crippen LogP contribution in [-0.4, -0.2) is 93.9 Å². The number of piperidine rings is 2. The number of halogens is 1. The highest BCUT2D eigenvalue weighted by Gasteiger charge is 2.65. The first-order valence-electron chi connectivity index (χ1n) is 15.4. The van der Waals surface area contributed by atoms with E-state index in [4.69, 9.17) is 9.47 Å². The molecule has 4 bridgehead atoms. The number of phenolic OH excluding ortho intramolecular Hbond substituents is 2. The van der Waals surface area contributed by atoms with Gasteiger partial charge in [0.15, 0.2) is 23.0 Å². The minimum atomic E-state index is -0.594. The van der Waals surface area contributed by atoms with Crippen LogP contribution in [0, 0.1) is 11.8 Å². The van der Waals surface area contributed by atoms with E-state index in [9.17, 15) is 20.4 Å². The normalized spacial score (nSPS) is 41.6. The van der Waals surface area contributed by atoms with Crippen molar-refractivity contribution >= 4 is 12.4 Å². The van der Waals surface area contributed by atoms with E-state index < -0.39 is 12.2 Å². The van der Waals surface area contributed by atoms with Crippen molar-refractivity contribution in [3.05, 3.63) is 70.8 Å². The fourth-order valence-corrected chi connectivity index (χ4v) is 10.5. The molecule has 43 heavy (non-hydrogen) atoms. The molecule has 8 aliphatic rings. The molecule has 0 unspecified atom stereocenters. The van der Waals surface area contributed by atoms with Crippen molar-refractivity contribution in [2.24, 2.45) is 11.8 Å². The van der Waals surface area contributed by atoms with E-state index in [1.54, 1.807) is 12.1 Å². The van der Waals surface area contributed by atoms with Gasteiger partial charge < -0.3 is 39.7 Å². The number of phenols is 2. The molecule has 0 saturated carbocycles. The van der Waals surface area contributed by atoms with Gasteiger partial charge in [0, 0.05) is 45.9 Å². The molecule has 10 rings (SSSR count). The zero-order chi connectivity index (χ0) is 28.7. The Bertz CT molecular complexity index is 1460. The molecule has 2 aromatic carbocycles. The number of hydrogen-bond acceptors (Lipinski definition) is 8. The van der Waals surface area contributed by atoms with E-state index in [0.29, 0.717) is 35.4 Å². The highest BCUT2D eigenvalue weighted by molar-refractivity contribution is 5.85. The maximum Gasteiger partial charge on any atom is 0.165 e. The summed E-state index contributed by atoms with van der Waals surface area (Å²) in [4.78, 5) is 4.87. The summed E-state index contributed by atoms with van der Waals surface area (Å²) in [6.07, 6.45) is 10.4. The minimum absolute atomic E-state index is 0. The number of ether oxygens (including phenoxy) is 2. The van der Waals surface area contributed by atoms with Gasteiger partial charge in [-0.3, -0.25) is 0 Å². The Morgan fingerprint density at radius 1 is 0.674 bits per heavy atom. The maximum absolute atomic E-state index is 10.4. The van der Waals surface area contributed by atoms with E-state index in [1.807, 2.05) is 24.3 Å². The molecule has 2 fully saturated rings. The number of aliphatic hydroxyl groups excluding tert-OH is 2. The Kier molecular flexibility index (Phi) is 5.91. The van der Waals surface area contributed by atoms with Crippen molar-refractivity contribution < 1.29 is 29.9 Å². The number of rotatable bonds is 0. The zero-order valence-electron chi connectivity index (χ0n) is 24.4. The third kappa shape index (κ3) is 3.26. The Morgan fingerprint density at radius 3 is 1.51 bits per heavy atom. The summed E-state index contributed by atoms with van der Waals surface area (Å²) in [5.74, 6) is 2.38. The molecule has 4 heterocycles. The Labute approximate surface area is 257 Å². The highest BCUT2D eigenvalue weighted by atomic mass is 35.5. The predicted molar refractivity (Wildman–Crippen MR) is 162 cm³/mol. The van der Waals surface area contributed by atoms with Gasteiger partial charge in [-0.25, -0.2) is 0 Å². The molecule has 2 spiro atoms. The van der Waals surface area contributed by atoms with Crippen LogP contribution in [0.15, 0.2) is 48.6 Å². The second-order valence-electron chi connectivity index (χ2n) is 13.9. The molecular weight excluding hydrogens is 568 g/mol. The third-order valence-corrected chi connectivity index (χ3v) is 12.3. The van der Waals surface area contributed by atoms with Gasteiger partial charge in [-0.05, 0) is 76.1 Å². The molecule has 228 valence electrons. The Hall–Kier alpha value is -2.75. The van der Waals surface area contributed by atoms with Crippen LogP contribution in [0.1, 0.15) is 35.1 Å². The molecule has 9 heteroatoms. The summed E-state index contributed by atoms with van der Waals surface area (Å²) >= 11 is 0. The average molecular weight is 607 g/mol. The van der Waals surface area contributed by atoms with E-state index in [2.05, 4.69) is 36.0 Å². The van der Waals surface area contributed by atoms with Crippen LogP contribution in [0.25, 0.3) is 0 Å².